The van der Waals surface area contributed by atoms with Crippen LogP contribution in [0.15, 0.2) is 66.7 Å². The Kier molecular flexibility index (Phi) is 11.5. The quantitative estimate of drug-likeness (QED) is 0.496. The highest BCUT2D eigenvalue weighted by molar-refractivity contribution is 5.90. The highest BCUT2D eigenvalue weighted by Gasteiger charge is 2.11. The summed E-state index contributed by atoms with van der Waals surface area (Å²) in [5.74, 6) is 0.478. The van der Waals surface area contributed by atoms with E-state index in [0.717, 1.165) is 5.56 Å². The molecule has 182 valence electrons. The molecule has 0 unspecified atom stereocenters. The molecule has 3 aromatic carbocycles. The third-order valence-corrected chi connectivity index (χ3v) is 4.44. The van der Waals surface area contributed by atoms with Crippen LogP contribution < -0.4 is 9.47 Å². The van der Waals surface area contributed by atoms with Crippen LogP contribution in [-0.2, 0) is 16.1 Å². The highest BCUT2D eigenvalue weighted by atomic mass is 19.1. The summed E-state index contributed by atoms with van der Waals surface area (Å²) in [4.78, 5) is 22.4. The number of halogens is 1. The van der Waals surface area contributed by atoms with Gasteiger partial charge in [0.2, 0.25) is 0 Å². The van der Waals surface area contributed by atoms with Crippen molar-refractivity contribution in [3.63, 3.8) is 0 Å². The van der Waals surface area contributed by atoms with Crippen LogP contribution in [0.5, 0.6) is 17.2 Å². The van der Waals surface area contributed by atoms with Crippen LogP contribution in [-0.4, -0.2) is 45.5 Å². The number of hydrogen-bond donors (Lipinski definition) is 1. The molecule has 0 aliphatic rings. The van der Waals surface area contributed by atoms with Gasteiger partial charge in [0.25, 0.3) is 0 Å². The maximum Gasteiger partial charge on any atom is 0.337 e. The second-order valence-corrected chi connectivity index (χ2v) is 6.62. The Bertz CT molecular complexity index is 1070. The van der Waals surface area contributed by atoms with Gasteiger partial charge < -0.3 is 24.1 Å². The van der Waals surface area contributed by atoms with Gasteiger partial charge in [-0.2, -0.15) is 0 Å². The monoisotopic (exact) mass is 473 g/mol. The lowest BCUT2D eigenvalue weighted by Gasteiger charge is -2.11. The summed E-state index contributed by atoms with van der Waals surface area (Å²) in [6.07, 6.45) is 0. The van der Waals surface area contributed by atoms with Crippen LogP contribution >= 0.6 is 0 Å². The second kappa shape index (κ2) is 14.9. The van der Waals surface area contributed by atoms with E-state index in [1.165, 1.54) is 33.5 Å². The standard InChI is InChI=1S/C16H16O4.C9H10O3.CH3F/c1-18-15-10-13(16(17)19-2)8-9-14(15)20-11-12-6-4-3-5-7-12;1-6-5-7(9(11)12-2)3-4-8(6)10;1-2/h3-10H,11H2,1-2H3;3-5,10H,1-2H3;1H3/i;;1D. The molecule has 0 heterocycles. The van der Waals surface area contributed by atoms with E-state index in [-0.39, 0.29) is 5.75 Å². The summed E-state index contributed by atoms with van der Waals surface area (Å²) in [7, 11) is 3.20. The molecular weight excluding hydrogens is 443 g/mol. The number of rotatable bonds is 6. The lowest BCUT2D eigenvalue weighted by molar-refractivity contribution is 0.0591. The molecule has 0 aliphatic carbocycles. The van der Waals surface area contributed by atoms with E-state index < -0.39 is 19.1 Å². The molecule has 3 aromatic rings. The summed E-state index contributed by atoms with van der Waals surface area (Å²) < 4.78 is 35.6. The maximum absolute atomic E-state index is 11.5. The Hall–Kier alpha value is -4.07. The predicted molar refractivity (Wildman–Crippen MR) is 126 cm³/mol. The molecule has 3 rings (SSSR count). The molecular formula is C26H29FO7. The van der Waals surface area contributed by atoms with Crippen LogP contribution in [0.4, 0.5) is 4.39 Å². The van der Waals surface area contributed by atoms with Crippen LogP contribution in [0.25, 0.3) is 0 Å². The van der Waals surface area contributed by atoms with Gasteiger partial charge in [-0.15, -0.1) is 0 Å². The topological polar surface area (TPSA) is 91.3 Å². The molecule has 8 heteroatoms. The summed E-state index contributed by atoms with van der Waals surface area (Å²) in [5, 5.41) is 9.15. The first-order valence-corrected chi connectivity index (χ1v) is 9.97. The molecule has 0 bridgehead atoms. The number of phenolic OH excluding ortho intramolecular Hbond substituents is 1. The minimum Gasteiger partial charge on any atom is -0.508 e. The molecule has 0 fully saturated rings. The number of phenols is 1. The van der Waals surface area contributed by atoms with Crippen LogP contribution in [0.2, 0.25) is 0 Å². The number of methoxy groups -OCH3 is 3. The first-order chi connectivity index (χ1) is 16.8. The fourth-order valence-electron chi connectivity index (χ4n) is 2.67. The van der Waals surface area contributed by atoms with E-state index in [1.807, 2.05) is 30.3 Å². The Morgan fingerprint density at radius 1 is 0.882 bits per heavy atom. The number of carbonyl (C=O) groups excluding carboxylic acids is 2. The van der Waals surface area contributed by atoms with Crippen molar-refractivity contribution in [2.45, 2.75) is 13.5 Å². The first-order valence-electron chi connectivity index (χ1n) is 10.7. The first kappa shape index (κ1) is 26.2. The molecule has 0 aromatic heterocycles. The van der Waals surface area contributed by atoms with E-state index in [2.05, 4.69) is 9.47 Å². The molecule has 0 atom stereocenters. The van der Waals surface area contributed by atoms with Crippen LogP contribution in [0.1, 0.15) is 33.2 Å². The van der Waals surface area contributed by atoms with E-state index in [9.17, 15) is 14.0 Å². The van der Waals surface area contributed by atoms with Crippen molar-refractivity contribution in [2.24, 2.45) is 0 Å². The third-order valence-electron chi connectivity index (χ3n) is 4.44. The van der Waals surface area contributed by atoms with Gasteiger partial charge in [-0.05, 0) is 54.4 Å². The van der Waals surface area contributed by atoms with Crippen molar-refractivity contribution in [3.05, 3.63) is 89.0 Å². The van der Waals surface area contributed by atoms with Gasteiger partial charge in [-0.25, -0.2) is 9.59 Å². The van der Waals surface area contributed by atoms with Crippen molar-refractivity contribution in [1.29, 1.82) is 0 Å². The molecule has 0 spiro atoms. The van der Waals surface area contributed by atoms with Gasteiger partial charge in [0.1, 0.15) is 12.4 Å². The largest absolute Gasteiger partial charge is 0.508 e. The van der Waals surface area contributed by atoms with Crippen LogP contribution in [0, 0.1) is 6.92 Å². The van der Waals surface area contributed by atoms with Crippen molar-refractivity contribution < 1.29 is 39.4 Å². The lowest BCUT2D eigenvalue weighted by atomic mass is 10.1. The summed E-state index contributed by atoms with van der Waals surface area (Å²) in [6, 6.07) is 19.4. The summed E-state index contributed by atoms with van der Waals surface area (Å²) in [6.45, 7) is 2.16. The third kappa shape index (κ3) is 8.46. The van der Waals surface area contributed by atoms with E-state index >= 15 is 0 Å². The lowest BCUT2D eigenvalue weighted by Crippen LogP contribution is -2.03. The average molecular weight is 474 g/mol. The zero-order valence-corrected chi connectivity index (χ0v) is 19.5. The van der Waals surface area contributed by atoms with Crippen molar-refractivity contribution >= 4 is 11.9 Å². The molecule has 0 aliphatic heterocycles. The Labute approximate surface area is 200 Å². The number of esters is 2. The normalized spacial score (nSPS) is 9.74. The van der Waals surface area contributed by atoms with Gasteiger partial charge in [-0.1, -0.05) is 30.3 Å². The average Bonchev–Trinajstić information content (AvgIpc) is 2.89. The number of aromatic hydroxyl groups is 1. The minimum absolute atomic E-state index is 0.183. The number of carbonyl (C=O) groups is 2. The Morgan fingerprint density at radius 3 is 1.97 bits per heavy atom. The summed E-state index contributed by atoms with van der Waals surface area (Å²) >= 11 is 0. The van der Waals surface area contributed by atoms with Gasteiger partial charge in [0, 0.05) is 0 Å². The highest BCUT2D eigenvalue weighted by Crippen LogP contribution is 2.29. The van der Waals surface area contributed by atoms with Gasteiger partial charge in [-0.3, -0.25) is 4.39 Å². The number of hydrogen-bond acceptors (Lipinski definition) is 7. The zero-order chi connectivity index (χ0) is 26.2. The summed E-state index contributed by atoms with van der Waals surface area (Å²) in [5.41, 5.74) is 2.61. The molecule has 0 amide bonds. The number of aryl methyl sites for hydroxylation is 1. The smallest absolute Gasteiger partial charge is 0.337 e. The molecule has 0 saturated carbocycles. The van der Waals surface area contributed by atoms with E-state index in [1.54, 1.807) is 31.2 Å². The number of alkyl halides is 1. The van der Waals surface area contributed by atoms with Crippen molar-refractivity contribution in [3.8, 4) is 17.2 Å². The second-order valence-electron chi connectivity index (χ2n) is 6.62. The fraction of sp³-hybridized carbons (Fsp3) is 0.231. The van der Waals surface area contributed by atoms with Gasteiger partial charge >= 0.3 is 11.9 Å². The Balaban J connectivity index is 0.000000347. The molecule has 7 nitrogen and oxygen atoms in total. The minimum atomic E-state index is -1.00. The van der Waals surface area contributed by atoms with Gasteiger partial charge in [0.15, 0.2) is 11.5 Å². The maximum atomic E-state index is 11.5. The van der Waals surface area contributed by atoms with E-state index in [4.69, 9.17) is 16.0 Å². The SMILES string of the molecule is COC(=O)c1ccc(O)c(C)c1.COC(=O)c1ccc(OCc2ccccc2)c(OC)c1.[2H]CF. The molecule has 34 heavy (non-hydrogen) atoms. The fourth-order valence-corrected chi connectivity index (χ4v) is 2.67. The molecule has 1 N–H and O–H groups in total. The van der Waals surface area contributed by atoms with Crippen LogP contribution in [0.3, 0.4) is 0 Å². The molecule has 0 radical (unpaired) electrons. The van der Waals surface area contributed by atoms with Gasteiger partial charge in [0.05, 0.1) is 41.0 Å². The molecule has 0 saturated heterocycles. The predicted octanol–water partition coefficient (Wildman–Crippen LogP) is 5.13. The Morgan fingerprint density at radius 2 is 1.44 bits per heavy atom. The van der Waals surface area contributed by atoms with E-state index in [0.29, 0.717) is 34.8 Å². The van der Waals surface area contributed by atoms with Crippen molar-refractivity contribution in [2.75, 3.05) is 28.5 Å². The number of benzene rings is 3. The zero-order valence-electron chi connectivity index (χ0n) is 20.5. The number of ether oxygens (including phenoxy) is 4. The van der Waals surface area contributed by atoms with Crippen molar-refractivity contribution in [1.82, 2.24) is 0 Å².